The molecule has 4 nitrogen and oxygen atoms in total. The number of carbonyl (C=O) groups is 1. The fourth-order valence-electron chi connectivity index (χ4n) is 2.32. The second-order valence-electron chi connectivity index (χ2n) is 4.70. The number of alkyl halides is 2. The molecule has 7 heteroatoms. The summed E-state index contributed by atoms with van der Waals surface area (Å²) in [6, 6.07) is 3.01. The molecule has 20 heavy (non-hydrogen) atoms. The number of aromatic nitrogens is 1. The third-order valence-electron chi connectivity index (χ3n) is 3.36. The third-order valence-corrected chi connectivity index (χ3v) is 4.09. The van der Waals surface area contributed by atoms with Gasteiger partial charge in [-0.3, -0.25) is 4.79 Å². The molecule has 1 heterocycles. The van der Waals surface area contributed by atoms with Gasteiger partial charge < -0.3 is 10.4 Å². The lowest BCUT2D eigenvalue weighted by molar-refractivity contribution is 0.0913. The van der Waals surface area contributed by atoms with Crippen molar-refractivity contribution in [2.24, 2.45) is 5.92 Å². The summed E-state index contributed by atoms with van der Waals surface area (Å²) in [5.41, 5.74) is 0.144. The van der Waals surface area contributed by atoms with Gasteiger partial charge in [-0.25, -0.2) is 4.98 Å². The standard InChI is InChI=1S/C13H16F2N2O2S/c14-13(15)20-12-9(4-2-6-16-12)11(19)17-7-8-3-1-5-10(8)18/h2,4,6,8,10,13,18H,1,3,5,7H2,(H,17,19). The maximum atomic E-state index is 12.4. The maximum Gasteiger partial charge on any atom is 0.290 e. The number of aliphatic hydroxyl groups excluding tert-OH is 1. The minimum Gasteiger partial charge on any atom is -0.393 e. The number of thioether (sulfide) groups is 1. The minimum atomic E-state index is -2.62. The van der Waals surface area contributed by atoms with Gasteiger partial charge >= 0.3 is 0 Å². The van der Waals surface area contributed by atoms with Crippen molar-refractivity contribution in [1.29, 1.82) is 0 Å². The zero-order valence-corrected chi connectivity index (χ0v) is 11.6. The van der Waals surface area contributed by atoms with Crippen LogP contribution in [-0.4, -0.2) is 34.4 Å². The molecule has 0 spiro atoms. The number of nitrogens with zero attached hydrogens (tertiary/aromatic N) is 1. The van der Waals surface area contributed by atoms with Crippen LogP contribution in [0.15, 0.2) is 23.4 Å². The Bertz CT molecular complexity index is 473. The molecule has 1 aliphatic carbocycles. The first-order valence-electron chi connectivity index (χ1n) is 6.44. The van der Waals surface area contributed by atoms with Crippen LogP contribution >= 0.6 is 11.8 Å². The quantitative estimate of drug-likeness (QED) is 0.819. The minimum absolute atomic E-state index is 0.0203. The van der Waals surface area contributed by atoms with E-state index in [9.17, 15) is 18.7 Å². The third kappa shape index (κ3) is 3.89. The first-order valence-corrected chi connectivity index (χ1v) is 7.32. The first kappa shape index (κ1) is 15.2. The van der Waals surface area contributed by atoms with Gasteiger partial charge in [0.1, 0.15) is 5.03 Å². The summed E-state index contributed by atoms with van der Waals surface area (Å²) in [4.78, 5) is 15.8. The van der Waals surface area contributed by atoms with E-state index >= 15 is 0 Å². The second kappa shape index (κ2) is 6.99. The van der Waals surface area contributed by atoms with Crippen LogP contribution in [0.4, 0.5) is 8.78 Å². The van der Waals surface area contributed by atoms with E-state index in [1.54, 1.807) is 0 Å². The monoisotopic (exact) mass is 302 g/mol. The number of amides is 1. The predicted molar refractivity (Wildman–Crippen MR) is 71.8 cm³/mol. The molecule has 1 aromatic rings. The first-order chi connectivity index (χ1) is 9.58. The molecule has 0 saturated heterocycles. The highest BCUT2D eigenvalue weighted by Crippen LogP contribution is 2.27. The zero-order chi connectivity index (χ0) is 14.5. The summed E-state index contributed by atoms with van der Waals surface area (Å²) in [6.07, 6.45) is 3.55. The maximum absolute atomic E-state index is 12.4. The Labute approximate surface area is 120 Å². The summed E-state index contributed by atoms with van der Waals surface area (Å²) >= 11 is 0.257. The lowest BCUT2D eigenvalue weighted by atomic mass is 10.1. The molecule has 0 aliphatic heterocycles. The van der Waals surface area contributed by atoms with Crippen molar-refractivity contribution >= 4 is 17.7 Å². The lowest BCUT2D eigenvalue weighted by Crippen LogP contribution is -2.32. The highest BCUT2D eigenvalue weighted by molar-refractivity contribution is 7.99. The van der Waals surface area contributed by atoms with Gasteiger partial charge in [-0.05, 0) is 36.7 Å². The van der Waals surface area contributed by atoms with E-state index in [0.717, 1.165) is 19.3 Å². The van der Waals surface area contributed by atoms with Crippen LogP contribution in [-0.2, 0) is 0 Å². The molecule has 1 amide bonds. The molecule has 2 atom stereocenters. The van der Waals surface area contributed by atoms with Crippen molar-refractivity contribution in [2.75, 3.05) is 6.54 Å². The second-order valence-corrected chi connectivity index (χ2v) is 5.68. The van der Waals surface area contributed by atoms with E-state index in [0.29, 0.717) is 6.54 Å². The average Bonchev–Trinajstić information content (AvgIpc) is 2.81. The van der Waals surface area contributed by atoms with Crippen LogP contribution in [0.1, 0.15) is 29.6 Å². The highest BCUT2D eigenvalue weighted by Gasteiger charge is 2.26. The van der Waals surface area contributed by atoms with E-state index in [-0.39, 0.29) is 34.4 Å². The van der Waals surface area contributed by atoms with Gasteiger partial charge in [0.15, 0.2) is 0 Å². The average molecular weight is 302 g/mol. The molecular weight excluding hydrogens is 286 g/mol. The Morgan fingerprint density at radius 3 is 3.00 bits per heavy atom. The summed E-state index contributed by atoms with van der Waals surface area (Å²) in [6.45, 7) is 0.355. The molecule has 1 fully saturated rings. The molecule has 0 aromatic carbocycles. The molecule has 1 saturated carbocycles. The normalized spacial score (nSPS) is 22.2. The molecule has 0 radical (unpaired) electrons. The van der Waals surface area contributed by atoms with Gasteiger partial charge in [0, 0.05) is 18.7 Å². The van der Waals surface area contributed by atoms with Gasteiger partial charge in [0.2, 0.25) is 0 Å². The molecule has 2 rings (SSSR count). The van der Waals surface area contributed by atoms with Crippen LogP contribution in [0.5, 0.6) is 0 Å². The Balaban J connectivity index is 1.98. The Kier molecular flexibility index (Phi) is 5.31. The van der Waals surface area contributed by atoms with Gasteiger partial charge in [0.25, 0.3) is 11.7 Å². The van der Waals surface area contributed by atoms with Crippen LogP contribution in [0.2, 0.25) is 0 Å². The fourth-order valence-corrected chi connectivity index (χ4v) is 2.89. The number of halogens is 2. The largest absolute Gasteiger partial charge is 0.393 e. The van der Waals surface area contributed by atoms with E-state index < -0.39 is 11.7 Å². The predicted octanol–water partition coefficient (Wildman–Crippen LogP) is 2.29. The molecule has 1 aliphatic rings. The molecule has 1 aromatic heterocycles. The summed E-state index contributed by atoms with van der Waals surface area (Å²) in [5, 5.41) is 12.4. The number of rotatable bonds is 5. The van der Waals surface area contributed by atoms with Gasteiger partial charge in [0.05, 0.1) is 11.7 Å². The van der Waals surface area contributed by atoms with Crippen LogP contribution in [0, 0.1) is 5.92 Å². The van der Waals surface area contributed by atoms with E-state index in [1.165, 1.54) is 18.3 Å². The van der Waals surface area contributed by atoms with Crippen molar-refractivity contribution in [1.82, 2.24) is 10.3 Å². The van der Waals surface area contributed by atoms with Gasteiger partial charge in [-0.15, -0.1) is 0 Å². The van der Waals surface area contributed by atoms with Crippen molar-refractivity contribution in [2.45, 2.75) is 36.1 Å². The van der Waals surface area contributed by atoms with Crippen molar-refractivity contribution < 1.29 is 18.7 Å². The SMILES string of the molecule is O=C(NCC1CCCC1O)c1cccnc1SC(F)F. The lowest BCUT2D eigenvalue weighted by Gasteiger charge is -2.15. The number of pyridine rings is 1. The summed E-state index contributed by atoms with van der Waals surface area (Å²) < 4.78 is 24.8. The fraction of sp³-hybridized carbons (Fsp3) is 0.538. The number of hydrogen-bond donors (Lipinski definition) is 2. The number of aliphatic hydroxyl groups is 1. The molecule has 110 valence electrons. The Hall–Kier alpha value is -1.21. The summed E-state index contributed by atoms with van der Waals surface area (Å²) in [5.74, 6) is -3.00. The van der Waals surface area contributed by atoms with Crippen molar-refractivity contribution in [3.63, 3.8) is 0 Å². The van der Waals surface area contributed by atoms with Crippen LogP contribution < -0.4 is 5.32 Å². The van der Waals surface area contributed by atoms with Crippen LogP contribution in [0.3, 0.4) is 0 Å². The topological polar surface area (TPSA) is 62.2 Å². The van der Waals surface area contributed by atoms with Gasteiger partial charge in [-0.1, -0.05) is 6.42 Å². The molecule has 0 bridgehead atoms. The van der Waals surface area contributed by atoms with Crippen molar-refractivity contribution in [3.8, 4) is 0 Å². The van der Waals surface area contributed by atoms with Crippen molar-refractivity contribution in [3.05, 3.63) is 23.9 Å². The summed E-state index contributed by atoms with van der Waals surface area (Å²) in [7, 11) is 0. The molecular formula is C13H16F2N2O2S. The van der Waals surface area contributed by atoms with Gasteiger partial charge in [-0.2, -0.15) is 8.78 Å². The van der Waals surface area contributed by atoms with E-state index in [1.807, 2.05) is 0 Å². The van der Waals surface area contributed by atoms with Crippen LogP contribution in [0.25, 0.3) is 0 Å². The Morgan fingerprint density at radius 2 is 2.35 bits per heavy atom. The zero-order valence-electron chi connectivity index (χ0n) is 10.8. The number of nitrogens with one attached hydrogen (secondary N) is 1. The highest BCUT2D eigenvalue weighted by atomic mass is 32.2. The Morgan fingerprint density at radius 1 is 1.55 bits per heavy atom. The number of hydrogen-bond acceptors (Lipinski definition) is 4. The molecule has 2 N–H and O–H groups in total. The van der Waals surface area contributed by atoms with E-state index in [2.05, 4.69) is 10.3 Å². The van der Waals surface area contributed by atoms with E-state index in [4.69, 9.17) is 0 Å². The number of carbonyl (C=O) groups excluding carboxylic acids is 1. The molecule has 2 unspecified atom stereocenters. The smallest absolute Gasteiger partial charge is 0.290 e.